The van der Waals surface area contributed by atoms with Gasteiger partial charge in [0.25, 0.3) is 5.91 Å². The van der Waals surface area contributed by atoms with E-state index in [4.69, 9.17) is 5.73 Å². The van der Waals surface area contributed by atoms with Crippen molar-refractivity contribution in [3.8, 4) is 0 Å². The van der Waals surface area contributed by atoms with E-state index in [1.807, 2.05) is 12.1 Å². The number of carbonyl (C=O) groups is 1. The molecule has 0 spiro atoms. The number of fused-ring (bicyclic) bond motifs is 1. The molecule has 7 heteroatoms. The minimum absolute atomic E-state index is 0. The average molecular weight is 355 g/mol. The van der Waals surface area contributed by atoms with Crippen LogP contribution in [0.3, 0.4) is 0 Å². The molecule has 0 saturated carbocycles. The van der Waals surface area contributed by atoms with Crippen LogP contribution in [-0.2, 0) is 17.4 Å². The maximum Gasteiger partial charge on any atom is 0.258 e. The standard InChI is InChI=1S/C15H20N4OS.Cr/c1-19-8-2-3-11(19)6-7-17-13-5-4-10-9-12(14(16)20)21-15(10)18-13;/h4-5,9,11H,2-3,6-8H2,1H3,(H3,16,17,18,20);/p-1. The van der Waals surface area contributed by atoms with Gasteiger partial charge in [0.1, 0.15) is 0 Å². The SMILES string of the molecule is CN1CCCC1CC[N-]c1ccc2cc(C(N)=O)sc2n1.[Cr]. The summed E-state index contributed by atoms with van der Waals surface area (Å²) in [7, 11) is 2.18. The normalized spacial score (nSPS) is 18.3. The first-order chi connectivity index (χ1) is 10.1. The first-order valence-electron chi connectivity index (χ1n) is 7.21. The molecule has 1 unspecified atom stereocenters. The fourth-order valence-electron chi connectivity index (χ4n) is 2.79. The smallest absolute Gasteiger partial charge is 0.258 e. The maximum atomic E-state index is 11.2. The number of aromatic nitrogens is 1. The first-order valence-corrected chi connectivity index (χ1v) is 8.03. The van der Waals surface area contributed by atoms with Crippen molar-refractivity contribution >= 4 is 33.3 Å². The number of hydrogen-bond donors (Lipinski definition) is 1. The van der Waals surface area contributed by atoms with Crippen LogP contribution in [0.1, 0.15) is 28.9 Å². The van der Waals surface area contributed by atoms with Gasteiger partial charge in [0.05, 0.1) is 4.88 Å². The molecule has 1 fully saturated rings. The Hall–Kier alpha value is -1.13. The molecule has 1 aliphatic heterocycles. The Morgan fingerprint density at radius 1 is 1.55 bits per heavy atom. The second-order valence-electron chi connectivity index (χ2n) is 5.49. The van der Waals surface area contributed by atoms with E-state index in [1.165, 1.54) is 30.7 Å². The van der Waals surface area contributed by atoms with Crippen LogP contribution in [0.15, 0.2) is 18.2 Å². The van der Waals surface area contributed by atoms with Crippen LogP contribution < -0.4 is 5.73 Å². The Morgan fingerprint density at radius 2 is 2.36 bits per heavy atom. The van der Waals surface area contributed by atoms with Gasteiger partial charge in [-0.2, -0.15) is 0 Å². The van der Waals surface area contributed by atoms with E-state index in [0.717, 1.165) is 29.0 Å². The molecule has 0 radical (unpaired) electrons. The zero-order chi connectivity index (χ0) is 14.8. The van der Waals surface area contributed by atoms with Crippen LogP contribution in [0, 0.1) is 0 Å². The van der Waals surface area contributed by atoms with Crippen LogP contribution in [0.5, 0.6) is 0 Å². The molecular weight excluding hydrogens is 336 g/mol. The summed E-state index contributed by atoms with van der Waals surface area (Å²) in [6.45, 7) is 1.99. The number of nitrogens with zero attached hydrogens (tertiary/aromatic N) is 3. The van der Waals surface area contributed by atoms with E-state index in [-0.39, 0.29) is 17.4 Å². The fraction of sp³-hybridized carbons (Fsp3) is 0.467. The van der Waals surface area contributed by atoms with Crippen LogP contribution in [-0.4, -0.2) is 42.0 Å². The van der Waals surface area contributed by atoms with Crippen LogP contribution in [0.2, 0.25) is 0 Å². The topological polar surface area (TPSA) is 73.3 Å². The second-order valence-corrected chi connectivity index (χ2v) is 6.52. The number of amides is 1. The van der Waals surface area contributed by atoms with Crippen molar-refractivity contribution in [3.63, 3.8) is 0 Å². The molecule has 2 aromatic heterocycles. The third-order valence-corrected chi connectivity index (χ3v) is 5.08. The number of likely N-dealkylation sites (tertiary alicyclic amines) is 1. The molecule has 0 bridgehead atoms. The van der Waals surface area contributed by atoms with Gasteiger partial charge in [-0.25, -0.2) is 0 Å². The van der Waals surface area contributed by atoms with E-state index >= 15 is 0 Å². The van der Waals surface area contributed by atoms with Crippen molar-refractivity contribution in [2.24, 2.45) is 5.73 Å². The largest absolute Gasteiger partial charge is 0.465 e. The van der Waals surface area contributed by atoms with Gasteiger partial charge in [0.15, 0.2) is 0 Å². The predicted molar refractivity (Wildman–Crippen MR) is 86.3 cm³/mol. The zero-order valence-electron chi connectivity index (χ0n) is 12.5. The minimum atomic E-state index is -0.402. The number of nitrogens with two attached hydrogens (primary N) is 1. The summed E-state index contributed by atoms with van der Waals surface area (Å²) in [6.07, 6.45) is 3.63. The maximum absolute atomic E-state index is 11.2. The molecule has 118 valence electrons. The summed E-state index contributed by atoms with van der Waals surface area (Å²) in [4.78, 5) is 19.4. The van der Waals surface area contributed by atoms with Gasteiger partial charge in [-0.05, 0) is 50.9 Å². The number of primary amides is 1. The van der Waals surface area contributed by atoms with Gasteiger partial charge in [0.2, 0.25) is 0 Å². The van der Waals surface area contributed by atoms with Crippen molar-refractivity contribution in [2.75, 3.05) is 20.1 Å². The number of rotatable bonds is 5. The molecule has 1 aliphatic rings. The summed E-state index contributed by atoms with van der Waals surface area (Å²) in [5.74, 6) is 0.335. The van der Waals surface area contributed by atoms with Crippen molar-refractivity contribution < 1.29 is 22.2 Å². The molecule has 5 nitrogen and oxygen atoms in total. The van der Waals surface area contributed by atoms with E-state index in [1.54, 1.807) is 6.07 Å². The summed E-state index contributed by atoms with van der Waals surface area (Å²) in [5, 5.41) is 5.51. The summed E-state index contributed by atoms with van der Waals surface area (Å²) < 4.78 is 0. The number of carbonyl (C=O) groups excluding carboxylic acids is 1. The Bertz CT molecular complexity index is 660. The van der Waals surface area contributed by atoms with E-state index in [2.05, 4.69) is 22.2 Å². The predicted octanol–water partition coefficient (Wildman–Crippen LogP) is 2.88. The number of hydrogen-bond acceptors (Lipinski definition) is 4. The fourth-order valence-corrected chi connectivity index (χ4v) is 3.67. The van der Waals surface area contributed by atoms with Crippen LogP contribution >= 0.6 is 11.3 Å². The molecule has 0 aliphatic carbocycles. The van der Waals surface area contributed by atoms with Gasteiger partial charge in [-0.15, -0.1) is 11.3 Å². The summed E-state index contributed by atoms with van der Waals surface area (Å²) >= 11 is 1.32. The Morgan fingerprint density at radius 3 is 3.05 bits per heavy atom. The molecule has 2 aromatic rings. The molecule has 1 amide bonds. The summed E-state index contributed by atoms with van der Waals surface area (Å²) in [6, 6.07) is 6.29. The van der Waals surface area contributed by atoms with E-state index in [9.17, 15) is 4.79 Å². The van der Waals surface area contributed by atoms with Crippen molar-refractivity contribution in [1.29, 1.82) is 0 Å². The Balaban J connectivity index is 0.00000176. The monoisotopic (exact) mass is 355 g/mol. The second kappa shape index (κ2) is 7.43. The van der Waals surface area contributed by atoms with Crippen LogP contribution in [0.25, 0.3) is 15.5 Å². The average Bonchev–Trinajstić information content (AvgIpc) is 3.05. The molecule has 1 saturated heterocycles. The van der Waals surface area contributed by atoms with E-state index in [0.29, 0.717) is 10.9 Å². The zero-order valence-corrected chi connectivity index (χ0v) is 14.6. The third kappa shape index (κ3) is 3.79. The molecule has 3 heterocycles. The minimum Gasteiger partial charge on any atom is -0.465 e. The number of pyridine rings is 1. The van der Waals surface area contributed by atoms with E-state index < -0.39 is 5.91 Å². The Kier molecular flexibility index (Phi) is 5.82. The van der Waals surface area contributed by atoms with Crippen LogP contribution in [0.4, 0.5) is 5.82 Å². The molecule has 2 N–H and O–H groups in total. The molecular formula is C15H19CrN4OS-. The quantitative estimate of drug-likeness (QED) is 0.896. The van der Waals surface area contributed by atoms with Gasteiger partial charge in [-0.1, -0.05) is 18.0 Å². The van der Waals surface area contributed by atoms with Crippen molar-refractivity contribution in [3.05, 3.63) is 28.4 Å². The van der Waals surface area contributed by atoms with Gasteiger partial charge in [-0.3, -0.25) is 4.79 Å². The molecule has 22 heavy (non-hydrogen) atoms. The molecule has 3 rings (SSSR count). The van der Waals surface area contributed by atoms with Gasteiger partial charge in [0, 0.05) is 28.2 Å². The molecule has 1 atom stereocenters. The van der Waals surface area contributed by atoms with Gasteiger partial charge < -0.3 is 20.9 Å². The molecule has 0 aromatic carbocycles. The number of thiophene rings is 1. The van der Waals surface area contributed by atoms with Gasteiger partial charge >= 0.3 is 0 Å². The summed E-state index contributed by atoms with van der Waals surface area (Å²) in [5.41, 5.74) is 5.29. The Labute approximate surface area is 145 Å². The first kappa shape index (κ1) is 17.2. The third-order valence-electron chi connectivity index (χ3n) is 4.02. The van der Waals surface area contributed by atoms with Crippen molar-refractivity contribution in [1.82, 2.24) is 9.88 Å². The van der Waals surface area contributed by atoms with Crippen molar-refractivity contribution in [2.45, 2.75) is 25.3 Å².